The van der Waals surface area contributed by atoms with Gasteiger partial charge in [0.25, 0.3) is 10.0 Å². The summed E-state index contributed by atoms with van der Waals surface area (Å²) in [5, 5.41) is 9.08. The van der Waals surface area contributed by atoms with Crippen LogP contribution < -0.4 is 4.72 Å². The van der Waals surface area contributed by atoms with Crippen molar-refractivity contribution in [2.24, 2.45) is 0 Å². The SMILES string of the molecule is COCc1cccc(NS(=O)(=O)c2cccc(CO)c2)c1. The van der Waals surface area contributed by atoms with Crippen molar-refractivity contribution in [2.75, 3.05) is 11.8 Å². The standard InChI is InChI=1S/C15H17NO4S/c1-20-11-13-5-2-6-14(8-13)16-21(18,19)15-7-3-4-12(9-15)10-17/h2-9,16-17H,10-11H2,1H3. The second-order valence-electron chi connectivity index (χ2n) is 4.54. The van der Waals surface area contributed by atoms with Crippen LogP contribution in [0.15, 0.2) is 53.4 Å². The molecule has 0 radical (unpaired) electrons. The number of aliphatic hydroxyl groups is 1. The van der Waals surface area contributed by atoms with Gasteiger partial charge < -0.3 is 9.84 Å². The maximum absolute atomic E-state index is 12.3. The van der Waals surface area contributed by atoms with Crippen molar-refractivity contribution in [1.29, 1.82) is 0 Å². The van der Waals surface area contributed by atoms with Crippen LogP contribution in [0.2, 0.25) is 0 Å². The van der Waals surface area contributed by atoms with E-state index in [-0.39, 0.29) is 11.5 Å². The van der Waals surface area contributed by atoms with E-state index >= 15 is 0 Å². The molecule has 2 rings (SSSR count). The van der Waals surface area contributed by atoms with Crippen molar-refractivity contribution < 1.29 is 18.3 Å². The maximum atomic E-state index is 12.3. The Hall–Kier alpha value is -1.89. The molecular weight excluding hydrogens is 290 g/mol. The first kappa shape index (κ1) is 15.5. The number of rotatable bonds is 6. The van der Waals surface area contributed by atoms with E-state index in [9.17, 15) is 8.42 Å². The predicted molar refractivity (Wildman–Crippen MR) is 80.3 cm³/mol. The van der Waals surface area contributed by atoms with Crippen LogP contribution in [0.5, 0.6) is 0 Å². The van der Waals surface area contributed by atoms with Crippen LogP contribution in [0, 0.1) is 0 Å². The van der Waals surface area contributed by atoms with Gasteiger partial charge in [-0.15, -0.1) is 0 Å². The average Bonchev–Trinajstić information content (AvgIpc) is 2.47. The Bertz CT molecular complexity index is 713. The first-order chi connectivity index (χ1) is 10.0. The Balaban J connectivity index is 2.26. The van der Waals surface area contributed by atoms with Gasteiger partial charge in [-0.25, -0.2) is 8.42 Å². The highest BCUT2D eigenvalue weighted by Gasteiger charge is 2.14. The number of hydrogen-bond acceptors (Lipinski definition) is 4. The number of anilines is 1. The van der Waals surface area contributed by atoms with Crippen molar-refractivity contribution in [3.8, 4) is 0 Å². The zero-order valence-electron chi connectivity index (χ0n) is 11.6. The first-order valence-electron chi connectivity index (χ1n) is 6.35. The summed E-state index contributed by atoms with van der Waals surface area (Å²) in [6.07, 6.45) is 0. The molecule has 0 amide bonds. The molecule has 0 aromatic heterocycles. The summed E-state index contributed by atoms with van der Waals surface area (Å²) >= 11 is 0. The number of ether oxygens (including phenoxy) is 1. The largest absolute Gasteiger partial charge is 0.392 e. The molecule has 0 bridgehead atoms. The van der Waals surface area contributed by atoms with E-state index in [0.717, 1.165) is 5.56 Å². The van der Waals surface area contributed by atoms with Gasteiger partial charge in [-0.1, -0.05) is 24.3 Å². The fourth-order valence-corrected chi connectivity index (χ4v) is 3.04. The molecule has 2 aromatic carbocycles. The Morgan fingerprint density at radius 2 is 1.81 bits per heavy atom. The fraction of sp³-hybridized carbons (Fsp3) is 0.200. The lowest BCUT2D eigenvalue weighted by molar-refractivity contribution is 0.185. The highest BCUT2D eigenvalue weighted by molar-refractivity contribution is 7.92. The molecule has 6 heteroatoms. The average molecular weight is 307 g/mol. The molecular formula is C15H17NO4S. The Kier molecular flexibility index (Phi) is 4.95. The Morgan fingerprint density at radius 1 is 1.10 bits per heavy atom. The molecule has 0 saturated carbocycles. The van der Waals surface area contributed by atoms with Crippen LogP contribution in [0.3, 0.4) is 0 Å². The lowest BCUT2D eigenvalue weighted by atomic mass is 10.2. The third-order valence-corrected chi connectivity index (χ3v) is 4.26. The molecule has 0 unspecified atom stereocenters. The predicted octanol–water partition coefficient (Wildman–Crippen LogP) is 2.13. The third-order valence-electron chi connectivity index (χ3n) is 2.88. The first-order valence-corrected chi connectivity index (χ1v) is 7.84. The second-order valence-corrected chi connectivity index (χ2v) is 6.23. The molecule has 0 atom stereocenters. The molecule has 112 valence electrons. The lowest BCUT2D eigenvalue weighted by Gasteiger charge is -2.10. The minimum Gasteiger partial charge on any atom is -0.392 e. The number of methoxy groups -OCH3 is 1. The van der Waals surface area contributed by atoms with Gasteiger partial charge in [-0.05, 0) is 35.4 Å². The smallest absolute Gasteiger partial charge is 0.261 e. The Morgan fingerprint density at radius 3 is 2.52 bits per heavy atom. The van der Waals surface area contributed by atoms with Gasteiger partial charge in [0.1, 0.15) is 0 Å². The quantitative estimate of drug-likeness (QED) is 0.857. The summed E-state index contributed by atoms with van der Waals surface area (Å²) in [5.41, 5.74) is 1.90. The van der Waals surface area contributed by atoms with Gasteiger partial charge >= 0.3 is 0 Å². The molecule has 0 aliphatic carbocycles. The van der Waals surface area contributed by atoms with Crippen LogP contribution in [0.1, 0.15) is 11.1 Å². The van der Waals surface area contributed by atoms with Crippen LogP contribution in [0.25, 0.3) is 0 Å². The fourth-order valence-electron chi connectivity index (χ4n) is 1.92. The molecule has 5 nitrogen and oxygen atoms in total. The van der Waals surface area contributed by atoms with E-state index in [1.54, 1.807) is 37.4 Å². The molecule has 21 heavy (non-hydrogen) atoms. The van der Waals surface area contributed by atoms with Gasteiger partial charge in [-0.3, -0.25) is 4.72 Å². The van der Waals surface area contributed by atoms with Crippen LogP contribution in [-0.2, 0) is 28.0 Å². The van der Waals surface area contributed by atoms with Crippen molar-refractivity contribution in [3.63, 3.8) is 0 Å². The van der Waals surface area contributed by atoms with E-state index in [4.69, 9.17) is 9.84 Å². The van der Waals surface area contributed by atoms with Crippen LogP contribution in [0.4, 0.5) is 5.69 Å². The molecule has 0 spiro atoms. The van der Waals surface area contributed by atoms with E-state index in [1.165, 1.54) is 12.1 Å². The van der Waals surface area contributed by atoms with E-state index in [2.05, 4.69) is 4.72 Å². The number of hydrogen-bond donors (Lipinski definition) is 2. The topological polar surface area (TPSA) is 75.6 Å². The van der Waals surface area contributed by atoms with E-state index in [0.29, 0.717) is 17.9 Å². The van der Waals surface area contributed by atoms with E-state index < -0.39 is 10.0 Å². The van der Waals surface area contributed by atoms with Gasteiger partial charge in [0.05, 0.1) is 18.1 Å². The summed E-state index contributed by atoms with van der Waals surface area (Å²) < 4.78 is 32.2. The molecule has 0 saturated heterocycles. The number of sulfonamides is 1. The Labute approximate surface area is 124 Å². The molecule has 0 fully saturated rings. The number of aliphatic hydroxyl groups excluding tert-OH is 1. The van der Waals surface area contributed by atoms with Crippen LogP contribution in [-0.4, -0.2) is 20.6 Å². The van der Waals surface area contributed by atoms with Crippen molar-refractivity contribution in [3.05, 3.63) is 59.7 Å². The van der Waals surface area contributed by atoms with Crippen molar-refractivity contribution in [1.82, 2.24) is 0 Å². The highest BCUT2D eigenvalue weighted by Crippen LogP contribution is 2.18. The minimum absolute atomic E-state index is 0.117. The lowest BCUT2D eigenvalue weighted by Crippen LogP contribution is -2.13. The summed E-state index contributed by atoms with van der Waals surface area (Å²) in [6, 6.07) is 13.2. The van der Waals surface area contributed by atoms with E-state index in [1.807, 2.05) is 6.07 Å². The zero-order valence-corrected chi connectivity index (χ0v) is 12.4. The highest BCUT2D eigenvalue weighted by atomic mass is 32.2. The minimum atomic E-state index is -3.68. The monoisotopic (exact) mass is 307 g/mol. The van der Waals surface area contributed by atoms with Gasteiger partial charge in [0, 0.05) is 12.8 Å². The summed E-state index contributed by atoms with van der Waals surface area (Å²) in [4.78, 5) is 0.117. The molecule has 0 heterocycles. The number of benzene rings is 2. The summed E-state index contributed by atoms with van der Waals surface area (Å²) in [6.45, 7) is 0.211. The molecule has 2 aromatic rings. The van der Waals surface area contributed by atoms with Crippen molar-refractivity contribution >= 4 is 15.7 Å². The van der Waals surface area contributed by atoms with Crippen molar-refractivity contribution in [2.45, 2.75) is 18.1 Å². The molecule has 0 aliphatic heterocycles. The zero-order chi connectivity index (χ0) is 15.3. The number of nitrogens with one attached hydrogen (secondary N) is 1. The van der Waals surface area contributed by atoms with Gasteiger partial charge in [-0.2, -0.15) is 0 Å². The van der Waals surface area contributed by atoms with Gasteiger partial charge in [0.2, 0.25) is 0 Å². The third kappa shape index (κ3) is 4.04. The van der Waals surface area contributed by atoms with Gasteiger partial charge in [0.15, 0.2) is 0 Å². The maximum Gasteiger partial charge on any atom is 0.261 e. The normalized spacial score (nSPS) is 11.3. The molecule has 2 N–H and O–H groups in total. The second kappa shape index (κ2) is 6.71. The summed E-state index contributed by atoms with van der Waals surface area (Å²) in [5.74, 6) is 0. The van der Waals surface area contributed by atoms with Crippen LogP contribution >= 0.6 is 0 Å². The summed E-state index contributed by atoms with van der Waals surface area (Å²) in [7, 11) is -2.10. The molecule has 0 aliphatic rings.